The summed E-state index contributed by atoms with van der Waals surface area (Å²) in [5, 5.41) is 34.2. The molecular weight excluding hydrogens is 374 g/mol. The van der Waals surface area contributed by atoms with Crippen molar-refractivity contribution in [1.82, 2.24) is 5.32 Å². The third kappa shape index (κ3) is 4.47. The van der Waals surface area contributed by atoms with Crippen LogP contribution in [0.5, 0.6) is 5.75 Å². The van der Waals surface area contributed by atoms with Crippen LogP contribution in [0.1, 0.15) is 36.6 Å². The van der Waals surface area contributed by atoms with Gasteiger partial charge in [-0.1, -0.05) is 12.1 Å². The van der Waals surface area contributed by atoms with Gasteiger partial charge in [-0.3, -0.25) is 4.79 Å². The highest BCUT2D eigenvalue weighted by atomic mass is 16.5. The van der Waals surface area contributed by atoms with Crippen LogP contribution >= 0.6 is 0 Å². The van der Waals surface area contributed by atoms with E-state index in [1.165, 1.54) is 0 Å². The number of carboxylic acids is 1. The second kappa shape index (κ2) is 7.81. The quantitative estimate of drug-likeness (QED) is 0.629. The number of urea groups is 1. The molecule has 0 bridgehead atoms. The number of aliphatic hydroxyl groups is 1. The molecule has 4 N–H and O–H groups in total. The number of nitriles is 1. The lowest BCUT2D eigenvalue weighted by atomic mass is 9.86. The molecule has 0 spiro atoms. The van der Waals surface area contributed by atoms with Crippen molar-refractivity contribution in [2.24, 2.45) is 0 Å². The lowest BCUT2D eigenvalue weighted by Gasteiger charge is -2.42. The summed E-state index contributed by atoms with van der Waals surface area (Å²) < 4.78 is 5.83. The Bertz CT molecular complexity index is 996. The Morgan fingerprint density at radius 3 is 2.69 bits per heavy atom. The monoisotopic (exact) mass is 395 g/mol. The van der Waals surface area contributed by atoms with E-state index in [0.29, 0.717) is 28.1 Å². The minimum absolute atomic E-state index is 0.158. The molecule has 1 heterocycles. The second-order valence-electron chi connectivity index (χ2n) is 7.36. The summed E-state index contributed by atoms with van der Waals surface area (Å²) in [5.74, 6) is -0.489. The normalized spacial score (nSPS) is 19.2. The molecule has 150 valence electrons. The Labute approximate surface area is 167 Å². The molecule has 1 aliphatic rings. The maximum atomic E-state index is 12.6. The van der Waals surface area contributed by atoms with Gasteiger partial charge in [-0.2, -0.15) is 5.26 Å². The molecule has 0 saturated heterocycles. The van der Waals surface area contributed by atoms with Crippen LogP contribution in [0.2, 0.25) is 0 Å². The Balaban J connectivity index is 1.82. The van der Waals surface area contributed by atoms with Gasteiger partial charge in [0.1, 0.15) is 17.5 Å². The van der Waals surface area contributed by atoms with Gasteiger partial charge in [0.15, 0.2) is 0 Å². The third-order valence-corrected chi connectivity index (χ3v) is 4.70. The smallest absolute Gasteiger partial charge is 0.319 e. The summed E-state index contributed by atoms with van der Waals surface area (Å²) in [4.78, 5) is 23.4. The predicted octanol–water partition coefficient (Wildman–Crippen LogP) is 2.58. The van der Waals surface area contributed by atoms with Crippen LogP contribution in [0, 0.1) is 11.3 Å². The van der Waals surface area contributed by atoms with Crippen LogP contribution in [0.3, 0.4) is 0 Å². The van der Waals surface area contributed by atoms with E-state index in [9.17, 15) is 14.7 Å². The summed E-state index contributed by atoms with van der Waals surface area (Å²) in [5.41, 5.74) is 0.902. The van der Waals surface area contributed by atoms with Crippen molar-refractivity contribution in [3.63, 3.8) is 0 Å². The maximum absolute atomic E-state index is 12.6. The van der Waals surface area contributed by atoms with Crippen molar-refractivity contribution in [2.75, 3.05) is 5.32 Å². The molecule has 2 aromatic rings. The third-order valence-electron chi connectivity index (χ3n) is 4.70. The standard InChI is InChI=1S/C21H21N3O5/c1-21(2)19(27)18(15-9-13(11-22)6-7-16(15)29-21)24-20(28)23-14-5-3-4-12(8-14)10-17(25)26/h3-9,18-19,27H,10H2,1-2H3,(H,25,26)(H2,23,24,28). The number of nitrogens with zero attached hydrogens (tertiary/aromatic N) is 1. The van der Waals surface area contributed by atoms with Gasteiger partial charge in [0.25, 0.3) is 0 Å². The second-order valence-corrected chi connectivity index (χ2v) is 7.36. The van der Waals surface area contributed by atoms with Gasteiger partial charge in [-0.15, -0.1) is 0 Å². The number of nitrogens with one attached hydrogen (secondary N) is 2. The van der Waals surface area contributed by atoms with E-state index >= 15 is 0 Å². The fourth-order valence-electron chi connectivity index (χ4n) is 3.27. The molecule has 8 nitrogen and oxygen atoms in total. The number of fused-ring (bicyclic) bond motifs is 1. The first-order valence-corrected chi connectivity index (χ1v) is 8.99. The minimum Gasteiger partial charge on any atom is -0.485 e. The molecule has 3 rings (SSSR count). The Hall–Kier alpha value is -3.57. The number of aliphatic hydroxyl groups excluding tert-OH is 1. The molecule has 0 aliphatic carbocycles. The molecule has 2 atom stereocenters. The Morgan fingerprint density at radius 2 is 2.00 bits per heavy atom. The Morgan fingerprint density at radius 1 is 1.24 bits per heavy atom. The lowest BCUT2D eigenvalue weighted by molar-refractivity contribution is -0.136. The number of aliphatic carboxylic acids is 1. The van der Waals surface area contributed by atoms with Crippen molar-refractivity contribution in [3.8, 4) is 11.8 Å². The van der Waals surface area contributed by atoms with E-state index in [-0.39, 0.29) is 6.42 Å². The first kappa shape index (κ1) is 20.2. The number of carbonyl (C=O) groups excluding carboxylic acids is 1. The Kier molecular flexibility index (Phi) is 5.43. The fraction of sp³-hybridized carbons (Fsp3) is 0.286. The number of carboxylic acid groups (broad SMARTS) is 1. The average molecular weight is 395 g/mol. The van der Waals surface area contributed by atoms with Crippen molar-refractivity contribution in [2.45, 2.75) is 38.0 Å². The van der Waals surface area contributed by atoms with Gasteiger partial charge in [0.05, 0.1) is 24.1 Å². The van der Waals surface area contributed by atoms with Crippen LogP contribution < -0.4 is 15.4 Å². The zero-order chi connectivity index (χ0) is 21.2. The van der Waals surface area contributed by atoms with Gasteiger partial charge in [0, 0.05) is 11.3 Å². The molecule has 0 aromatic heterocycles. The first-order chi connectivity index (χ1) is 13.7. The van der Waals surface area contributed by atoms with E-state index in [1.54, 1.807) is 56.3 Å². The number of benzene rings is 2. The number of carbonyl (C=O) groups is 2. The lowest BCUT2D eigenvalue weighted by Crippen LogP contribution is -2.54. The summed E-state index contributed by atoms with van der Waals surface area (Å²) in [6, 6.07) is 12.0. The van der Waals surface area contributed by atoms with Crippen molar-refractivity contribution in [1.29, 1.82) is 5.26 Å². The van der Waals surface area contributed by atoms with E-state index in [4.69, 9.17) is 15.1 Å². The maximum Gasteiger partial charge on any atom is 0.319 e. The predicted molar refractivity (Wildman–Crippen MR) is 105 cm³/mol. The van der Waals surface area contributed by atoms with Crippen LogP contribution in [0.25, 0.3) is 0 Å². The summed E-state index contributed by atoms with van der Waals surface area (Å²) in [7, 11) is 0. The highest BCUT2D eigenvalue weighted by molar-refractivity contribution is 5.90. The van der Waals surface area contributed by atoms with Crippen molar-refractivity contribution >= 4 is 17.7 Å². The van der Waals surface area contributed by atoms with Gasteiger partial charge in [-0.05, 0) is 49.7 Å². The highest BCUT2D eigenvalue weighted by Gasteiger charge is 2.43. The number of amides is 2. The summed E-state index contributed by atoms with van der Waals surface area (Å²) in [6.07, 6.45) is -1.22. The zero-order valence-electron chi connectivity index (χ0n) is 16.0. The highest BCUT2D eigenvalue weighted by Crippen LogP contribution is 2.40. The molecule has 8 heteroatoms. The topological polar surface area (TPSA) is 132 Å². The molecule has 0 saturated carbocycles. The van der Waals surface area contributed by atoms with E-state index < -0.39 is 29.7 Å². The number of anilines is 1. The van der Waals surface area contributed by atoms with E-state index in [2.05, 4.69) is 10.6 Å². The van der Waals surface area contributed by atoms with Crippen LogP contribution in [0.15, 0.2) is 42.5 Å². The molecule has 0 radical (unpaired) electrons. The minimum atomic E-state index is -1.06. The van der Waals surface area contributed by atoms with Crippen molar-refractivity contribution in [3.05, 3.63) is 59.2 Å². The average Bonchev–Trinajstić information content (AvgIpc) is 2.64. The van der Waals surface area contributed by atoms with Gasteiger partial charge in [-0.25, -0.2) is 4.79 Å². The number of hydrogen-bond acceptors (Lipinski definition) is 5. The first-order valence-electron chi connectivity index (χ1n) is 8.99. The largest absolute Gasteiger partial charge is 0.485 e. The molecule has 2 amide bonds. The van der Waals surface area contributed by atoms with Crippen LogP contribution in [-0.4, -0.2) is 33.9 Å². The molecule has 2 aromatic carbocycles. The summed E-state index contributed by atoms with van der Waals surface area (Å²) >= 11 is 0. The van der Waals surface area contributed by atoms with Gasteiger partial charge in [0.2, 0.25) is 0 Å². The van der Waals surface area contributed by atoms with Gasteiger partial charge >= 0.3 is 12.0 Å². The molecule has 2 unspecified atom stereocenters. The number of hydrogen-bond donors (Lipinski definition) is 4. The fourth-order valence-corrected chi connectivity index (χ4v) is 3.27. The number of rotatable bonds is 4. The molecular formula is C21H21N3O5. The van der Waals surface area contributed by atoms with E-state index in [0.717, 1.165) is 0 Å². The van der Waals surface area contributed by atoms with Crippen LogP contribution in [0.4, 0.5) is 10.5 Å². The molecule has 1 aliphatic heterocycles. The van der Waals surface area contributed by atoms with Crippen LogP contribution in [-0.2, 0) is 11.2 Å². The number of ether oxygens (including phenoxy) is 1. The SMILES string of the molecule is CC1(C)Oc2ccc(C#N)cc2C(NC(=O)Nc2cccc(CC(=O)O)c2)C1O. The van der Waals surface area contributed by atoms with E-state index in [1.807, 2.05) is 6.07 Å². The zero-order valence-corrected chi connectivity index (χ0v) is 16.0. The molecule has 29 heavy (non-hydrogen) atoms. The molecule has 0 fully saturated rings. The van der Waals surface area contributed by atoms with Crippen molar-refractivity contribution < 1.29 is 24.5 Å². The van der Waals surface area contributed by atoms with Gasteiger partial charge < -0.3 is 25.6 Å². The summed E-state index contributed by atoms with van der Waals surface area (Å²) in [6.45, 7) is 3.42.